The van der Waals surface area contributed by atoms with Crippen molar-refractivity contribution in [2.24, 2.45) is 4.99 Å². The van der Waals surface area contributed by atoms with Crippen LogP contribution in [-0.2, 0) is 4.74 Å². The number of hydrogen-bond acceptors (Lipinski definition) is 3. The molecule has 1 aromatic carbocycles. The van der Waals surface area contributed by atoms with Gasteiger partial charge in [-0.2, -0.15) is 0 Å². The molecular weight excluding hydrogens is 171 g/mol. The minimum atomic E-state index is -0.305. The summed E-state index contributed by atoms with van der Waals surface area (Å²) in [6, 6.07) is 6.81. The van der Waals surface area contributed by atoms with E-state index in [4.69, 9.17) is 4.74 Å². The van der Waals surface area contributed by atoms with Crippen molar-refractivity contribution in [3.05, 3.63) is 30.1 Å². The van der Waals surface area contributed by atoms with E-state index in [0.717, 1.165) is 0 Å². The Labute approximate surface area is 75.2 Å². The summed E-state index contributed by atoms with van der Waals surface area (Å²) in [4.78, 5) is 3.99. The van der Waals surface area contributed by atoms with Crippen molar-refractivity contribution in [1.29, 1.82) is 0 Å². The molecule has 2 rings (SSSR count). The third-order valence-electron chi connectivity index (χ3n) is 1.70. The number of benzene rings is 1. The third-order valence-corrected chi connectivity index (χ3v) is 1.70. The van der Waals surface area contributed by atoms with Gasteiger partial charge in [-0.25, -0.2) is 9.38 Å². The fraction of sp³-hybridized carbons (Fsp3) is 0.222. The van der Waals surface area contributed by atoms with Crippen molar-refractivity contribution in [3.63, 3.8) is 0 Å². The van der Waals surface area contributed by atoms with Crippen molar-refractivity contribution in [3.8, 4) is 0 Å². The summed E-state index contributed by atoms with van der Waals surface area (Å²) in [5.41, 5.74) is 0.392. The van der Waals surface area contributed by atoms with Crippen molar-refractivity contribution < 1.29 is 9.13 Å². The van der Waals surface area contributed by atoms with E-state index in [0.29, 0.717) is 24.9 Å². The van der Waals surface area contributed by atoms with Crippen LogP contribution in [0.1, 0.15) is 0 Å². The number of amidine groups is 1. The van der Waals surface area contributed by atoms with Crippen LogP contribution in [0.2, 0.25) is 0 Å². The maximum atomic E-state index is 13.1. The first-order valence-corrected chi connectivity index (χ1v) is 4.05. The lowest BCUT2D eigenvalue weighted by atomic mass is 10.3. The van der Waals surface area contributed by atoms with Gasteiger partial charge in [0.1, 0.15) is 12.4 Å². The first kappa shape index (κ1) is 8.04. The second-order valence-corrected chi connectivity index (χ2v) is 2.64. The highest BCUT2D eigenvalue weighted by Crippen LogP contribution is 2.13. The van der Waals surface area contributed by atoms with Crippen LogP contribution in [0.3, 0.4) is 0 Å². The summed E-state index contributed by atoms with van der Waals surface area (Å²) in [6.07, 6.45) is 0. The summed E-state index contributed by atoms with van der Waals surface area (Å²) < 4.78 is 18.2. The maximum Gasteiger partial charge on any atom is 0.289 e. The van der Waals surface area contributed by atoms with Gasteiger partial charge in [0.15, 0.2) is 0 Å². The maximum absolute atomic E-state index is 13.1. The van der Waals surface area contributed by atoms with Gasteiger partial charge in [-0.15, -0.1) is 0 Å². The van der Waals surface area contributed by atoms with Crippen molar-refractivity contribution >= 4 is 11.7 Å². The van der Waals surface area contributed by atoms with E-state index in [1.54, 1.807) is 18.2 Å². The highest BCUT2D eigenvalue weighted by Gasteiger charge is 2.08. The number of nitrogens with one attached hydrogen (secondary N) is 1. The lowest BCUT2D eigenvalue weighted by molar-refractivity contribution is 0.346. The molecule has 0 bridgehead atoms. The zero-order valence-corrected chi connectivity index (χ0v) is 6.96. The predicted molar refractivity (Wildman–Crippen MR) is 48.3 cm³/mol. The van der Waals surface area contributed by atoms with Gasteiger partial charge >= 0.3 is 0 Å². The number of anilines is 1. The Balaban J connectivity index is 2.13. The van der Waals surface area contributed by atoms with Crippen LogP contribution >= 0.6 is 0 Å². The topological polar surface area (TPSA) is 33.6 Å². The number of halogens is 1. The highest BCUT2D eigenvalue weighted by atomic mass is 19.1. The SMILES string of the molecule is Fc1ccccc1NC1=NCCO1. The third kappa shape index (κ3) is 1.77. The Morgan fingerprint density at radius 3 is 2.92 bits per heavy atom. The molecule has 1 aliphatic rings. The van der Waals surface area contributed by atoms with Crippen LogP contribution in [0.15, 0.2) is 29.3 Å². The second kappa shape index (κ2) is 3.43. The van der Waals surface area contributed by atoms with E-state index < -0.39 is 0 Å². The molecule has 0 aromatic heterocycles. The van der Waals surface area contributed by atoms with Gasteiger partial charge in [-0.05, 0) is 12.1 Å². The second-order valence-electron chi connectivity index (χ2n) is 2.64. The van der Waals surface area contributed by atoms with E-state index in [2.05, 4.69) is 10.3 Å². The molecule has 1 N–H and O–H groups in total. The van der Waals surface area contributed by atoms with E-state index in [1.165, 1.54) is 6.07 Å². The van der Waals surface area contributed by atoms with Gasteiger partial charge in [-0.3, -0.25) is 0 Å². The molecule has 0 spiro atoms. The van der Waals surface area contributed by atoms with Gasteiger partial charge in [-0.1, -0.05) is 12.1 Å². The van der Waals surface area contributed by atoms with Gasteiger partial charge in [0.05, 0.1) is 12.2 Å². The van der Waals surface area contributed by atoms with Crippen LogP contribution in [0.25, 0.3) is 0 Å². The Morgan fingerprint density at radius 2 is 2.23 bits per heavy atom. The number of aliphatic imine (C=N–C) groups is 1. The number of nitrogens with zero attached hydrogens (tertiary/aromatic N) is 1. The average Bonchev–Trinajstić information content (AvgIpc) is 2.61. The molecule has 0 saturated heterocycles. The standard InChI is InChI=1S/C9H9FN2O/c10-7-3-1-2-4-8(7)12-9-11-5-6-13-9/h1-4H,5-6H2,(H,11,12). The molecule has 0 amide bonds. The van der Waals surface area contributed by atoms with Crippen LogP contribution in [0, 0.1) is 5.82 Å². The molecule has 0 saturated carbocycles. The summed E-state index contributed by atoms with van der Waals surface area (Å²) in [7, 11) is 0. The fourth-order valence-electron chi connectivity index (χ4n) is 1.09. The van der Waals surface area contributed by atoms with Crippen molar-refractivity contribution in [1.82, 2.24) is 0 Å². The van der Waals surface area contributed by atoms with Gasteiger partial charge in [0, 0.05) is 0 Å². The molecule has 1 heterocycles. The van der Waals surface area contributed by atoms with Crippen LogP contribution in [0.4, 0.5) is 10.1 Å². The number of hydrogen-bond donors (Lipinski definition) is 1. The molecule has 0 unspecified atom stereocenters. The summed E-state index contributed by atoms with van der Waals surface area (Å²) in [6.45, 7) is 1.20. The van der Waals surface area contributed by atoms with Crippen molar-refractivity contribution in [2.75, 3.05) is 18.5 Å². The predicted octanol–water partition coefficient (Wildman–Crippen LogP) is 1.62. The van der Waals surface area contributed by atoms with E-state index in [-0.39, 0.29) is 5.82 Å². The first-order chi connectivity index (χ1) is 6.36. The Bertz CT molecular complexity index is 338. The molecule has 0 radical (unpaired) electrons. The molecule has 13 heavy (non-hydrogen) atoms. The van der Waals surface area contributed by atoms with Crippen LogP contribution in [-0.4, -0.2) is 19.2 Å². The lowest BCUT2D eigenvalue weighted by Crippen LogP contribution is -2.12. The molecule has 0 aliphatic carbocycles. The molecule has 0 fully saturated rings. The average molecular weight is 180 g/mol. The molecule has 68 valence electrons. The van der Waals surface area contributed by atoms with Gasteiger partial charge in [0.25, 0.3) is 6.02 Å². The largest absolute Gasteiger partial charge is 0.463 e. The lowest BCUT2D eigenvalue weighted by Gasteiger charge is -2.05. The minimum Gasteiger partial charge on any atom is -0.463 e. The van der Waals surface area contributed by atoms with Crippen molar-refractivity contribution in [2.45, 2.75) is 0 Å². The zero-order chi connectivity index (χ0) is 9.10. The number of rotatable bonds is 1. The van der Waals surface area contributed by atoms with E-state index in [1.807, 2.05) is 0 Å². The van der Waals surface area contributed by atoms with Gasteiger partial charge < -0.3 is 10.1 Å². The summed E-state index contributed by atoms with van der Waals surface area (Å²) in [5, 5.41) is 2.76. The monoisotopic (exact) mass is 180 g/mol. The highest BCUT2D eigenvalue weighted by molar-refractivity contribution is 5.89. The molecule has 0 atom stereocenters. The Kier molecular flexibility index (Phi) is 2.12. The minimum absolute atomic E-state index is 0.305. The quantitative estimate of drug-likeness (QED) is 0.712. The Hall–Kier alpha value is -1.58. The molecule has 1 aromatic rings. The molecule has 4 heteroatoms. The number of para-hydroxylation sites is 1. The fourth-order valence-corrected chi connectivity index (χ4v) is 1.09. The van der Waals surface area contributed by atoms with Crippen LogP contribution in [0.5, 0.6) is 0 Å². The Morgan fingerprint density at radius 1 is 1.38 bits per heavy atom. The summed E-state index contributed by atoms with van der Waals surface area (Å²) in [5.74, 6) is -0.305. The first-order valence-electron chi connectivity index (χ1n) is 4.05. The normalized spacial score (nSPS) is 15.0. The van der Waals surface area contributed by atoms with E-state index in [9.17, 15) is 4.39 Å². The molecular formula is C9H9FN2O. The zero-order valence-electron chi connectivity index (χ0n) is 6.96. The van der Waals surface area contributed by atoms with Gasteiger partial charge in [0.2, 0.25) is 0 Å². The summed E-state index contributed by atoms with van der Waals surface area (Å²) >= 11 is 0. The molecule has 3 nitrogen and oxygen atoms in total. The number of ether oxygens (including phenoxy) is 1. The van der Waals surface area contributed by atoms with E-state index >= 15 is 0 Å². The van der Waals surface area contributed by atoms with Crippen LogP contribution < -0.4 is 5.32 Å². The smallest absolute Gasteiger partial charge is 0.289 e. The molecule has 1 aliphatic heterocycles.